The largest absolute Gasteiger partial charge is 0.399 e. The Morgan fingerprint density at radius 2 is 2.11 bits per heavy atom. The van der Waals surface area contributed by atoms with Gasteiger partial charge in [-0.25, -0.2) is 13.1 Å². The number of hydrogen-bond donors (Lipinski definition) is 3. The molecule has 1 rings (SSSR count). The van der Waals surface area contributed by atoms with Crippen molar-refractivity contribution in [2.24, 2.45) is 0 Å². The topological polar surface area (TPSA) is 92.4 Å². The molecule has 6 heteroatoms. The number of nitrogens with one attached hydrogen (secondary N) is 1. The number of nitrogens with two attached hydrogens (primary N) is 1. The van der Waals surface area contributed by atoms with Crippen molar-refractivity contribution >= 4 is 15.7 Å². The molecule has 1 unspecified atom stereocenters. The number of aliphatic hydroxyl groups is 1. The average Bonchev–Trinajstić information content (AvgIpc) is 2.29. The minimum atomic E-state index is -3.55. The normalized spacial score (nSPS) is 13.5. The number of rotatable bonds is 6. The number of nitrogen functional groups attached to an aromatic ring is 1. The lowest BCUT2D eigenvalue weighted by Crippen LogP contribution is -2.33. The van der Waals surface area contributed by atoms with E-state index < -0.39 is 10.0 Å². The third-order valence-corrected chi connectivity index (χ3v) is 4.38. The quantitative estimate of drug-likeness (QED) is 0.674. The average molecular weight is 272 g/mol. The number of aryl methyl sites for hydroxylation is 1. The van der Waals surface area contributed by atoms with Gasteiger partial charge in [-0.05, 0) is 44.4 Å². The van der Waals surface area contributed by atoms with E-state index in [1.54, 1.807) is 26.0 Å². The highest BCUT2D eigenvalue weighted by molar-refractivity contribution is 7.89. The van der Waals surface area contributed by atoms with E-state index in [0.717, 1.165) is 0 Å². The summed E-state index contributed by atoms with van der Waals surface area (Å²) in [4.78, 5) is 0.207. The van der Waals surface area contributed by atoms with Crippen LogP contribution in [0.1, 0.15) is 25.3 Å². The van der Waals surface area contributed by atoms with Gasteiger partial charge in [-0.2, -0.15) is 0 Å². The molecule has 0 radical (unpaired) electrons. The summed E-state index contributed by atoms with van der Waals surface area (Å²) in [7, 11) is -3.55. The van der Waals surface area contributed by atoms with E-state index in [1.807, 2.05) is 0 Å². The molecule has 0 saturated heterocycles. The van der Waals surface area contributed by atoms with Gasteiger partial charge < -0.3 is 10.8 Å². The zero-order chi connectivity index (χ0) is 13.8. The molecule has 0 amide bonds. The second kappa shape index (κ2) is 6.17. The maximum Gasteiger partial charge on any atom is 0.241 e. The number of sulfonamides is 1. The molecule has 0 fully saturated rings. The summed E-state index contributed by atoms with van der Waals surface area (Å²) in [6.07, 6.45) is 1.16. The molecule has 5 nitrogen and oxygen atoms in total. The fraction of sp³-hybridized carbons (Fsp3) is 0.500. The van der Waals surface area contributed by atoms with Crippen LogP contribution in [-0.2, 0) is 10.0 Å². The van der Waals surface area contributed by atoms with Crippen LogP contribution in [0.5, 0.6) is 0 Å². The van der Waals surface area contributed by atoms with Crippen LogP contribution in [0.2, 0.25) is 0 Å². The first-order valence-corrected chi connectivity index (χ1v) is 7.34. The minimum absolute atomic E-state index is 0.0589. The zero-order valence-electron chi connectivity index (χ0n) is 10.7. The molecule has 0 aromatic heterocycles. The molecule has 18 heavy (non-hydrogen) atoms. The van der Waals surface area contributed by atoms with Gasteiger partial charge in [0.1, 0.15) is 0 Å². The summed E-state index contributed by atoms with van der Waals surface area (Å²) >= 11 is 0. The molecule has 0 spiro atoms. The van der Waals surface area contributed by atoms with E-state index in [2.05, 4.69) is 4.72 Å². The van der Waals surface area contributed by atoms with Crippen LogP contribution in [-0.4, -0.2) is 26.2 Å². The van der Waals surface area contributed by atoms with Crippen LogP contribution in [0.25, 0.3) is 0 Å². The van der Waals surface area contributed by atoms with Crippen molar-refractivity contribution in [2.75, 3.05) is 12.3 Å². The Morgan fingerprint density at radius 1 is 1.44 bits per heavy atom. The van der Waals surface area contributed by atoms with Crippen molar-refractivity contribution in [3.05, 3.63) is 23.8 Å². The Bertz CT molecular complexity index is 500. The highest BCUT2D eigenvalue weighted by Crippen LogP contribution is 2.18. The lowest BCUT2D eigenvalue weighted by molar-refractivity contribution is 0.279. The third kappa shape index (κ3) is 3.97. The van der Waals surface area contributed by atoms with Gasteiger partial charge in [0, 0.05) is 18.3 Å². The molecule has 0 heterocycles. The molecule has 0 aliphatic rings. The SMILES string of the molecule is Cc1ccc(N)cc1S(=O)(=O)NC(C)CCCO. The maximum atomic E-state index is 12.1. The molecule has 1 aromatic rings. The highest BCUT2D eigenvalue weighted by Gasteiger charge is 2.19. The van der Waals surface area contributed by atoms with Crippen LogP contribution in [0.4, 0.5) is 5.69 Å². The van der Waals surface area contributed by atoms with Crippen molar-refractivity contribution in [1.82, 2.24) is 4.72 Å². The van der Waals surface area contributed by atoms with Crippen molar-refractivity contribution in [3.8, 4) is 0 Å². The second-order valence-electron chi connectivity index (χ2n) is 4.41. The van der Waals surface area contributed by atoms with Crippen LogP contribution in [0, 0.1) is 6.92 Å². The summed E-state index contributed by atoms with van der Waals surface area (Å²) in [5.74, 6) is 0. The van der Waals surface area contributed by atoms with Crippen molar-refractivity contribution in [1.29, 1.82) is 0 Å². The predicted molar refractivity (Wildman–Crippen MR) is 71.7 cm³/mol. The zero-order valence-corrected chi connectivity index (χ0v) is 11.5. The van der Waals surface area contributed by atoms with Crippen LogP contribution in [0.15, 0.2) is 23.1 Å². The Labute approximate surface area is 108 Å². The van der Waals surface area contributed by atoms with Gasteiger partial charge in [0.05, 0.1) is 4.90 Å². The second-order valence-corrected chi connectivity index (χ2v) is 6.10. The van der Waals surface area contributed by atoms with Crippen LogP contribution < -0.4 is 10.5 Å². The van der Waals surface area contributed by atoms with E-state index in [1.165, 1.54) is 6.07 Å². The molecule has 102 valence electrons. The van der Waals surface area contributed by atoms with Crippen molar-refractivity contribution < 1.29 is 13.5 Å². The van der Waals surface area contributed by atoms with Gasteiger partial charge in [-0.15, -0.1) is 0 Å². The molecule has 1 atom stereocenters. The van der Waals surface area contributed by atoms with Crippen molar-refractivity contribution in [3.63, 3.8) is 0 Å². The smallest absolute Gasteiger partial charge is 0.241 e. The van der Waals surface area contributed by atoms with E-state index in [9.17, 15) is 8.42 Å². The summed E-state index contributed by atoms with van der Waals surface area (Å²) in [5.41, 5.74) is 6.69. The summed E-state index contributed by atoms with van der Waals surface area (Å²) in [6, 6.07) is 4.59. The Morgan fingerprint density at radius 3 is 2.72 bits per heavy atom. The lowest BCUT2D eigenvalue weighted by atomic mass is 10.2. The predicted octanol–water partition coefficient (Wildman–Crippen LogP) is 1.02. The fourth-order valence-corrected chi connectivity index (χ4v) is 3.25. The van der Waals surface area contributed by atoms with Gasteiger partial charge >= 0.3 is 0 Å². The van der Waals surface area contributed by atoms with E-state index in [4.69, 9.17) is 10.8 Å². The van der Waals surface area contributed by atoms with Gasteiger partial charge in [0.25, 0.3) is 0 Å². The number of hydrogen-bond acceptors (Lipinski definition) is 4. The van der Waals surface area contributed by atoms with Crippen LogP contribution >= 0.6 is 0 Å². The first-order chi connectivity index (χ1) is 8.36. The summed E-state index contributed by atoms with van der Waals surface area (Å²) in [5, 5.41) is 8.72. The molecule has 1 aromatic carbocycles. The van der Waals surface area contributed by atoms with Gasteiger partial charge in [0.15, 0.2) is 0 Å². The Kier molecular flexibility index (Phi) is 5.13. The van der Waals surface area contributed by atoms with E-state index in [0.29, 0.717) is 24.1 Å². The highest BCUT2D eigenvalue weighted by atomic mass is 32.2. The molecule has 0 saturated carbocycles. The van der Waals surface area contributed by atoms with Gasteiger partial charge in [-0.3, -0.25) is 0 Å². The standard InChI is InChI=1S/C12H20N2O3S/c1-9-5-6-11(13)8-12(9)18(16,17)14-10(2)4-3-7-15/h5-6,8,10,14-15H,3-4,7,13H2,1-2H3. The van der Waals surface area contributed by atoms with E-state index >= 15 is 0 Å². The van der Waals surface area contributed by atoms with E-state index in [-0.39, 0.29) is 17.5 Å². The number of benzene rings is 1. The summed E-state index contributed by atoms with van der Waals surface area (Å²) in [6.45, 7) is 3.56. The minimum Gasteiger partial charge on any atom is -0.399 e. The first kappa shape index (κ1) is 14.9. The Hall–Kier alpha value is -1.11. The fourth-order valence-electron chi connectivity index (χ4n) is 1.69. The monoisotopic (exact) mass is 272 g/mol. The van der Waals surface area contributed by atoms with Gasteiger partial charge in [0.2, 0.25) is 10.0 Å². The lowest BCUT2D eigenvalue weighted by Gasteiger charge is -2.15. The Balaban J connectivity index is 2.89. The summed E-state index contributed by atoms with van der Waals surface area (Å²) < 4.78 is 26.9. The molecule has 0 aliphatic heterocycles. The number of aliphatic hydroxyl groups excluding tert-OH is 1. The first-order valence-electron chi connectivity index (χ1n) is 5.86. The molecule has 0 aliphatic carbocycles. The molecule has 4 N–H and O–H groups in total. The molecule has 0 bridgehead atoms. The third-order valence-electron chi connectivity index (χ3n) is 2.65. The number of anilines is 1. The van der Waals surface area contributed by atoms with Crippen LogP contribution in [0.3, 0.4) is 0 Å². The van der Waals surface area contributed by atoms with Crippen molar-refractivity contribution in [2.45, 2.75) is 37.6 Å². The van der Waals surface area contributed by atoms with Gasteiger partial charge in [-0.1, -0.05) is 6.07 Å². The molecular weight excluding hydrogens is 252 g/mol. The maximum absolute atomic E-state index is 12.1. The molecular formula is C12H20N2O3S.